The number of halogens is 1. The summed E-state index contributed by atoms with van der Waals surface area (Å²) < 4.78 is 18.7. The van der Waals surface area contributed by atoms with Gasteiger partial charge in [-0.15, -0.1) is 0 Å². The van der Waals surface area contributed by atoms with Crippen molar-refractivity contribution in [3.8, 4) is 0 Å². The SMILES string of the molecule is CCCOC(=O)C1=CNC(C)Cc2c1[nH]c1cc(F)ccc21. The van der Waals surface area contributed by atoms with E-state index in [1.54, 1.807) is 12.3 Å². The van der Waals surface area contributed by atoms with Crippen LogP contribution >= 0.6 is 0 Å². The molecule has 3 rings (SSSR count). The first kappa shape index (κ1) is 14.6. The summed E-state index contributed by atoms with van der Waals surface area (Å²) in [5.74, 6) is -0.661. The zero-order valence-electron chi connectivity index (χ0n) is 12.7. The van der Waals surface area contributed by atoms with E-state index in [9.17, 15) is 9.18 Å². The summed E-state index contributed by atoms with van der Waals surface area (Å²) in [6.07, 6.45) is 3.22. The van der Waals surface area contributed by atoms with Crippen molar-refractivity contribution >= 4 is 22.4 Å². The summed E-state index contributed by atoms with van der Waals surface area (Å²) in [4.78, 5) is 15.5. The fraction of sp³-hybridized carbons (Fsp3) is 0.353. The van der Waals surface area contributed by atoms with E-state index < -0.39 is 0 Å². The molecule has 1 aliphatic heterocycles. The molecule has 2 N–H and O–H groups in total. The lowest BCUT2D eigenvalue weighted by molar-refractivity contribution is -0.136. The van der Waals surface area contributed by atoms with E-state index >= 15 is 0 Å². The van der Waals surface area contributed by atoms with Crippen LogP contribution in [-0.2, 0) is 16.0 Å². The number of carbonyl (C=O) groups excluding carboxylic acids is 1. The molecule has 1 aromatic carbocycles. The molecular weight excluding hydrogens is 283 g/mol. The molecular formula is C17H19FN2O2. The molecule has 0 amide bonds. The number of aromatic nitrogens is 1. The molecule has 2 aromatic rings. The van der Waals surface area contributed by atoms with E-state index in [0.717, 1.165) is 29.5 Å². The minimum atomic E-state index is -0.364. The topological polar surface area (TPSA) is 54.1 Å². The Morgan fingerprint density at radius 2 is 2.27 bits per heavy atom. The van der Waals surface area contributed by atoms with Gasteiger partial charge in [0.15, 0.2) is 0 Å². The molecule has 0 bridgehead atoms. The molecule has 0 radical (unpaired) electrons. The first-order valence-corrected chi connectivity index (χ1v) is 7.54. The number of H-pyrrole nitrogens is 1. The van der Waals surface area contributed by atoms with Crippen LogP contribution in [0, 0.1) is 5.82 Å². The fourth-order valence-electron chi connectivity index (χ4n) is 2.77. The Kier molecular flexibility index (Phi) is 3.88. The number of carbonyl (C=O) groups is 1. The van der Waals surface area contributed by atoms with Crippen molar-refractivity contribution in [2.75, 3.05) is 6.61 Å². The summed E-state index contributed by atoms with van der Waals surface area (Å²) in [6.45, 7) is 4.38. The van der Waals surface area contributed by atoms with Gasteiger partial charge >= 0.3 is 5.97 Å². The van der Waals surface area contributed by atoms with Crippen LogP contribution in [0.5, 0.6) is 0 Å². The first-order valence-electron chi connectivity index (χ1n) is 7.54. The Balaban J connectivity index is 2.10. The molecule has 116 valence electrons. The lowest BCUT2D eigenvalue weighted by Crippen LogP contribution is -2.21. The highest BCUT2D eigenvalue weighted by atomic mass is 19.1. The van der Waals surface area contributed by atoms with Crippen molar-refractivity contribution in [3.05, 3.63) is 41.5 Å². The van der Waals surface area contributed by atoms with Gasteiger partial charge < -0.3 is 15.0 Å². The highest BCUT2D eigenvalue weighted by Gasteiger charge is 2.25. The number of esters is 1. The van der Waals surface area contributed by atoms with Crippen LogP contribution in [0.3, 0.4) is 0 Å². The maximum absolute atomic E-state index is 13.4. The number of hydrogen-bond acceptors (Lipinski definition) is 3. The average molecular weight is 302 g/mol. The van der Waals surface area contributed by atoms with Crippen LogP contribution < -0.4 is 5.32 Å². The third-order valence-electron chi connectivity index (χ3n) is 3.82. The minimum Gasteiger partial charge on any atom is -0.462 e. The zero-order chi connectivity index (χ0) is 15.7. The second kappa shape index (κ2) is 5.83. The molecule has 5 heteroatoms. The largest absolute Gasteiger partial charge is 0.462 e. The highest BCUT2D eigenvalue weighted by Crippen LogP contribution is 2.31. The smallest absolute Gasteiger partial charge is 0.341 e. The van der Waals surface area contributed by atoms with Gasteiger partial charge in [0.05, 0.1) is 17.9 Å². The maximum Gasteiger partial charge on any atom is 0.341 e. The molecule has 1 aromatic heterocycles. The van der Waals surface area contributed by atoms with Crippen molar-refractivity contribution in [2.45, 2.75) is 32.7 Å². The molecule has 0 spiro atoms. The van der Waals surface area contributed by atoms with Gasteiger partial charge in [-0.3, -0.25) is 0 Å². The molecule has 1 unspecified atom stereocenters. The van der Waals surface area contributed by atoms with Crippen LogP contribution in [-0.4, -0.2) is 23.6 Å². The summed E-state index contributed by atoms with van der Waals surface area (Å²) in [5, 5.41) is 4.15. The van der Waals surface area contributed by atoms with Crippen molar-refractivity contribution in [1.29, 1.82) is 0 Å². The van der Waals surface area contributed by atoms with Gasteiger partial charge in [0, 0.05) is 23.1 Å². The lowest BCUT2D eigenvalue weighted by atomic mass is 10.0. The molecule has 0 fully saturated rings. The molecule has 1 aliphatic rings. The van der Waals surface area contributed by atoms with Gasteiger partial charge in [0.25, 0.3) is 0 Å². The van der Waals surface area contributed by atoms with Gasteiger partial charge in [-0.2, -0.15) is 0 Å². The van der Waals surface area contributed by atoms with Crippen LogP contribution in [0.15, 0.2) is 24.4 Å². The molecule has 22 heavy (non-hydrogen) atoms. The highest BCUT2D eigenvalue weighted by molar-refractivity contribution is 6.17. The number of nitrogens with one attached hydrogen (secondary N) is 2. The van der Waals surface area contributed by atoms with Gasteiger partial charge in [-0.05, 0) is 43.5 Å². The second-order valence-electron chi connectivity index (χ2n) is 5.63. The fourth-order valence-corrected chi connectivity index (χ4v) is 2.77. The number of hydrogen-bond donors (Lipinski definition) is 2. The van der Waals surface area contributed by atoms with E-state index in [1.165, 1.54) is 12.1 Å². The maximum atomic E-state index is 13.4. The Labute approximate surface area is 128 Å². The summed E-state index contributed by atoms with van der Waals surface area (Å²) >= 11 is 0. The Morgan fingerprint density at radius 1 is 1.45 bits per heavy atom. The quantitative estimate of drug-likeness (QED) is 0.857. The standard InChI is InChI=1S/C17H19FN2O2/c1-3-6-22-17(21)14-9-19-10(2)7-13-12-5-4-11(18)8-15(12)20-16(13)14/h4-5,8-10,19-20H,3,6-7H2,1-2H3. The van der Waals surface area contributed by atoms with Crippen LogP contribution in [0.2, 0.25) is 0 Å². The Bertz CT molecular complexity index is 748. The minimum absolute atomic E-state index is 0.180. The normalized spacial score (nSPS) is 17.4. The Morgan fingerprint density at radius 3 is 3.05 bits per heavy atom. The summed E-state index contributed by atoms with van der Waals surface area (Å²) in [5.41, 5.74) is 2.91. The van der Waals surface area contributed by atoms with Crippen LogP contribution in [0.25, 0.3) is 16.5 Å². The van der Waals surface area contributed by atoms with Gasteiger partial charge in [-0.1, -0.05) is 6.92 Å². The average Bonchev–Trinajstić information content (AvgIpc) is 2.73. The zero-order valence-corrected chi connectivity index (χ0v) is 12.7. The second-order valence-corrected chi connectivity index (χ2v) is 5.63. The van der Waals surface area contributed by atoms with E-state index in [0.29, 0.717) is 17.7 Å². The van der Waals surface area contributed by atoms with E-state index in [4.69, 9.17) is 4.74 Å². The van der Waals surface area contributed by atoms with Crippen molar-refractivity contribution in [1.82, 2.24) is 10.3 Å². The molecule has 4 nitrogen and oxygen atoms in total. The molecule has 0 saturated carbocycles. The first-order chi connectivity index (χ1) is 10.6. The van der Waals surface area contributed by atoms with E-state index in [-0.39, 0.29) is 17.8 Å². The van der Waals surface area contributed by atoms with Gasteiger partial charge in [-0.25, -0.2) is 9.18 Å². The predicted octanol–water partition coefficient (Wildman–Crippen LogP) is 3.14. The third-order valence-corrected chi connectivity index (χ3v) is 3.82. The number of fused-ring (bicyclic) bond motifs is 3. The van der Waals surface area contributed by atoms with E-state index in [1.807, 2.05) is 13.8 Å². The summed E-state index contributed by atoms with van der Waals surface area (Å²) in [7, 11) is 0. The third kappa shape index (κ3) is 2.58. The van der Waals surface area contributed by atoms with E-state index in [2.05, 4.69) is 10.3 Å². The monoisotopic (exact) mass is 302 g/mol. The number of benzene rings is 1. The molecule has 0 aliphatic carbocycles. The molecule has 1 atom stereocenters. The lowest BCUT2D eigenvalue weighted by Gasteiger charge is -2.08. The molecule has 0 saturated heterocycles. The number of ether oxygens (including phenoxy) is 1. The number of rotatable bonds is 3. The van der Waals surface area contributed by atoms with Crippen molar-refractivity contribution in [3.63, 3.8) is 0 Å². The van der Waals surface area contributed by atoms with Crippen LogP contribution in [0.1, 0.15) is 31.5 Å². The predicted molar refractivity (Wildman–Crippen MR) is 83.8 cm³/mol. The molecule has 2 heterocycles. The van der Waals surface area contributed by atoms with Gasteiger partial charge in [0.2, 0.25) is 0 Å². The van der Waals surface area contributed by atoms with Crippen molar-refractivity contribution < 1.29 is 13.9 Å². The van der Waals surface area contributed by atoms with Crippen LogP contribution in [0.4, 0.5) is 4.39 Å². The van der Waals surface area contributed by atoms with Crippen molar-refractivity contribution in [2.24, 2.45) is 0 Å². The number of aromatic amines is 1. The van der Waals surface area contributed by atoms with Gasteiger partial charge in [0.1, 0.15) is 5.82 Å². The Hall–Kier alpha value is -2.30. The summed E-state index contributed by atoms with van der Waals surface area (Å²) in [6, 6.07) is 4.83.